The Morgan fingerprint density at radius 3 is 1.53 bits per heavy atom. The number of benzene rings is 2. The third kappa shape index (κ3) is 7.53. The number of amides is 4. The summed E-state index contributed by atoms with van der Waals surface area (Å²) in [4.78, 5) is 24.2. The Bertz CT molecular complexity index is 924. The van der Waals surface area contributed by atoms with E-state index in [9.17, 15) is 9.59 Å². The van der Waals surface area contributed by atoms with Crippen LogP contribution in [0.2, 0.25) is 0 Å². The molecule has 3 rings (SSSR count). The van der Waals surface area contributed by atoms with Crippen LogP contribution in [0.15, 0.2) is 74.2 Å². The van der Waals surface area contributed by atoms with Crippen molar-refractivity contribution >= 4 is 23.4 Å². The Morgan fingerprint density at radius 1 is 0.722 bits per heavy atom. The molecule has 8 heteroatoms. The van der Waals surface area contributed by atoms with Crippen LogP contribution >= 0.6 is 0 Å². The zero-order valence-corrected chi connectivity index (χ0v) is 20.7. The minimum Gasteiger partial charge on any atom is -0.500 e. The fourth-order valence-electron chi connectivity index (χ4n) is 4.61. The van der Waals surface area contributed by atoms with Gasteiger partial charge in [0.1, 0.15) is 13.2 Å². The second-order valence-electron chi connectivity index (χ2n) is 8.63. The Morgan fingerprint density at radius 2 is 1.14 bits per heavy atom. The van der Waals surface area contributed by atoms with Gasteiger partial charge in [0.05, 0.1) is 25.6 Å². The minimum absolute atomic E-state index is 0.0934. The predicted octanol–water partition coefficient (Wildman–Crippen LogP) is 5.50. The lowest BCUT2D eigenvalue weighted by atomic mass is 9.65. The molecule has 0 saturated heterocycles. The summed E-state index contributed by atoms with van der Waals surface area (Å²) >= 11 is 0. The summed E-state index contributed by atoms with van der Waals surface area (Å²) < 4.78 is 10.0. The van der Waals surface area contributed by atoms with Gasteiger partial charge in [0, 0.05) is 16.8 Å². The van der Waals surface area contributed by atoms with E-state index in [4.69, 9.17) is 9.47 Å². The molecule has 0 aliphatic heterocycles. The topological polar surface area (TPSA) is 101 Å². The molecule has 8 nitrogen and oxygen atoms in total. The van der Waals surface area contributed by atoms with Gasteiger partial charge in [0.15, 0.2) is 0 Å². The molecule has 0 spiro atoms. The van der Waals surface area contributed by atoms with Crippen LogP contribution in [-0.2, 0) is 14.9 Å². The van der Waals surface area contributed by atoms with Crippen molar-refractivity contribution in [2.45, 2.75) is 37.5 Å². The molecular weight excluding hydrogens is 456 g/mol. The SMILES string of the molecule is C=COCCNC(=O)Nc1ccc(C2(c3ccc(NC(=O)NCCOC=C)cc3)CCCCC2)cc1. The maximum Gasteiger partial charge on any atom is 0.319 e. The van der Waals surface area contributed by atoms with Crippen molar-refractivity contribution in [3.63, 3.8) is 0 Å². The van der Waals surface area contributed by atoms with Gasteiger partial charge >= 0.3 is 12.1 Å². The summed E-state index contributed by atoms with van der Waals surface area (Å²) in [6.45, 7) is 8.50. The highest BCUT2D eigenvalue weighted by Crippen LogP contribution is 2.45. The summed E-state index contributed by atoms with van der Waals surface area (Å²) in [5.41, 5.74) is 3.83. The number of anilines is 2. The average Bonchev–Trinajstić information content (AvgIpc) is 2.90. The summed E-state index contributed by atoms with van der Waals surface area (Å²) in [6, 6.07) is 15.7. The smallest absolute Gasteiger partial charge is 0.319 e. The first kappa shape index (κ1) is 26.7. The van der Waals surface area contributed by atoms with Crippen LogP contribution in [0.3, 0.4) is 0 Å². The van der Waals surface area contributed by atoms with Gasteiger partial charge < -0.3 is 30.7 Å². The van der Waals surface area contributed by atoms with E-state index in [1.807, 2.05) is 24.3 Å². The summed E-state index contributed by atoms with van der Waals surface area (Å²) in [7, 11) is 0. The first-order valence-corrected chi connectivity index (χ1v) is 12.3. The molecule has 2 aromatic rings. The highest BCUT2D eigenvalue weighted by atomic mass is 16.5. The van der Waals surface area contributed by atoms with Crippen molar-refractivity contribution in [1.82, 2.24) is 10.6 Å². The molecule has 4 N–H and O–H groups in total. The largest absolute Gasteiger partial charge is 0.500 e. The molecule has 4 amide bonds. The first-order valence-electron chi connectivity index (χ1n) is 12.3. The van der Waals surface area contributed by atoms with Crippen molar-refractivity contribution in [2.24, 2.45) is 0 Å². The van der Waals surface area contributed by atoms with Crippen molar-refractivity contribution in [3.8, 4) is 0 Å². The molecule has 0 unspecified atom stereocenters. The monoisotopic (exact) mass is 492 g/mol. The van der Waals surface area contributed by atoms with Crippen LogP contribution < -0.4 is 21.3 Å². The van der Waals surface area contributed by atoms with Crippen LogP contribution in [0, 0.1) is 0 Å². The third-order valence-electron chi connectivity index (χ3n) is 6.34. The van der Waals surface area contributed by atoms with E-state index in [1.165, 1.54) is 30.1 Å². The summed E-state index contributed by atoms with van der Waals surface area (Å²) in [5.74, 6) is 0. The predicted molar refractivity (Wildman–Crippen MR) is 143 cm³/mol. The van der Waals surface area contributed by atoms with Crippen molar-refractivity contribution < 1.29 is 19.1 Å². The van der Waals surface area contributed by atoms with Crippen LogP contribution in [0.4, 0.5) is 21.0 Å². The maximum atomic E-state index is 12.1. The normalized spacial score (nSPS) is 14.1. The standard InChI is InChI=1S/C28H36N4O4/c1-3-35-20-18-29-26(33)31-24-12-8-22(9-13-24)28(16-6-5-7-17-28)23-10-14-25(15-11-23)32-27(34)30-19-21-36-4-2/h3-4,8-15H,1-2,5-7,16-21H2,(H2,29,31,33)(H2,30,32,34). The molecule has 0 radical (unpaired) electrons. The Hall–Kier alpha value is -3.94. The van der Waals surface area contributed by atoms with E-state index < -0.39 is 0 Å². The van der Waals surface area contributed by atoms with Gasteiger partial charge in [-0.15, -0.1) is 0 Å². The number of carbonyl (C=O) groups is 2. The summed E-state index contributed by atoms with van der Waals surface area (Å²) in [6.07, 6.45) is 8.35. The molecular formula is C28H36N4O4. The van der Waals surface area contributed by atoms with Crippen LogP contribution in [0.5, 0.6) is 0 Å². The molecule has 192 valence electrons. The average molecular weight is 493 g/mol. The number of hydrogen-bond donors (Lipinski definition) is 4. The first-order chi connectivity index (χ1) is 17.6. The molecule has 0 atom stereocenters. The van der Waals surface area contributed by atoms with Crippen molar-refractivity contribution in [2.75, 3.05) is 36.9 Å². The van der Waals surface area contributed by atoms with Gasteiger partial charge in [-0.2, -0.15) is 0 Å². The number of urea groups is 2. The Labute approximate surface area is 213 Å². The van der Waals surface area contributed by atoms with Gasteiger partial charge in [-0.1, -0.05) is 56.7 Å². The van der Waals surface area contributed by atoms with E-state index in [2.05, 4.69) is 58.7 Å². The number of ether oxygens (including phenoxy) is 2. The number of hydrogen-bond acceptors (Lipinski definition) is 4. The summed E-state index contributed by atoms with van der Waals surface area (Å²) in [5, 5.41) is 11.2. The number of rotatable bonds is 12. The molecule has 1 saturated carbocycles. The van der Waals surface area contributed by atoms with Gasteiger partial charge in [-0.05, 0) is 48.2 Å². The second-order valence-corrected chi connectivity index (χ2v) is 8.63. The number of nitrogens with one attached hydrogen (secondary N) is 4. The van der Waals surface area contributed by atoms with Gasteiger partial charge in [-0.25, -0.2) is 9.59 Å². The zero-order chi connectivity index (χ0) is 25.6. The highest BCUT2D eigenvalue weighted by Gasteiger charge is 2.35. The molecule has 1 aliphatic carbocycles. The van der Waals surface area contributed by atoms with E-state index in [-0.39, 0.29) is 17.5 Å². The van der Waals surface area contributed by atoms with E-state index in [0.717, 1.165) is 37.1 Å². The van der Waals surface area contributed by atoms with Crippen molar-refractivity contribution in [3.05, 3.63) is 85.3 Å². The van der Waals surface area contributed by atoms with Gasteiger partial charge in [0.25, 0.3) is 0 Å². The van der Waals surface area contributed by atoms with Gasteiger partial charge in [-0.3, -0.25) is 0 Å². The quantitative estimate of drug-likeness (QED) is 0.232. The van der Waals surface area contributed by atoms with E-state index in [0.29, 0.717) is 26.3 Å². The molecule has 1 fully saturated rings. The number of carbonyl (C=O) groups excluding carboxylic acids is 2. The lowest BCUT2D eigenvalue weighted by molar-refractivity contribution is 0.234. The van der Waals surface area contributed by atoms with Crippen molar-refractivity contribution in [1.29, 1.82) is 0 Å². The van der Waals surface area contributed by atoms with Crippen LogP contribution in [0.25, 0.3) is 0 Å². The highest BCUT2D eigenvalue weighted by molar-refractivity contribution is 5.89. The second kappa shape index (κ2) is 13.8. The maximum absolute atomic E-state index is 12.1. The molecule has 0 aromatic heterocycles. The van der Waals surface area contributed by atoms with Gasteiger partial charge in [0.2, 0.25) is 0 Å². The van der Waals surface area contributed by atoms with E-state index in [1.54, 1.807) is 0 Å². The molecule has 1 aliphatic rings. The zero-order valence-electron chi connectivity index (χ0n) is 20.7. The fourth-order valence-corrected chi connectivity index (χ4v) is 4.61. The Balaban J connectivity index is 1.66. The van der Waals surface area contributed by atoms with Crippen LogP contribution in [0.1, 0.15) is 43.2 Å². The lowest BCUT2D eigenvalue weighted by Gasteiger charge is -2.39. The third-order valence-corrected chi connectivity index (χ3v) is 6.34. The lowest BCUT2D eigenvalue weighted by Crippen LogP contribution is -2.32. The molecule has 0 heterocycles. The van der Waals surface area contributed by atoms with Crippen LogP contribution in [-0.4, -0.2) is 38.4 Å². The molecule has 2 aromatic carbocycles. The fraction of sp³-hybridized carbons (Fsp3) is 0.357. The molecule has 36 heavy (non-hydrogen) atoms. The Kier molecular flexibility index (Phi) is 10.2. The van der Waals surface area contributed by atoms with E-state index >= 15 is 0 Å². The molecule has 0 bridgehead atoms. The minimum atomic E-state index is -0.275.